The van der Waals surface area contributed by atoms with Crippen molar-refractivity contribution in [1.82, 2.24) is 5.32 Å². The molecule has 1 aliphatic heterocycles. The summed E-state index contributed by atoms with van der Waals surface area (Å²) in [5.41, 5.74) is 6.97. The van der Waals surface area contributed by atoms with Gasteiger partial charge >= 0.3 is 0 Å². The fraction of sp³-hybridized carbons (Fsp3) is 0.364. The summed E-state index contributed by atoms with van der Waals surface area (Å²) >= 11 is 0. The lowest BCUT2D eigenvalue weighted by atomic mass is 9.93. The van der Waals surface area contributed by atoms with Gasteiger partial charge in [0.1, 0.15) is 0 Å². The molecule has 3 heteroatoms. The second-order valence-corrected chi connectivity index (χ2v) is 3.74. The SMILES string of the molecule is Nc1ccccc1C(=O)CC1CNC1. The quantitative estimate of drug-likeness (QED) is 0.553. The Kier molecular flexibility index (Phi) is 2.50. The summed E-state index contributed by atoms with van der Waals surface area (Å²) in [6.07, 6.45) is 0.612. The third kappa shape index (κ3) is 1.77. The van der Waals surface area contributed by atoms with E-state index in [-0.39, 0.29) is 5.78 Å². The van der Waals surface area contributed by atoms with Crippen molar-refractivity contribution in [3.63, 3.8) is 0 Å². The van der Waals surface area contributed by atoms with Crippen LogP contribution in [0, 0.1) is 5.92 Å². The van der Waals surface area contributed by atoms with Crippen LogP contribution in [0.25, 0.3) is 0 Å². The summed E-state index contributed by atoms with van der Waals surface area (Å²) in [7, 11) is 0. The number of benzene rings is 1. The van der Waals surface area contributed by atoms with Crippen LogP contribution < -0.4 is 11.1 Å². The maximum atomic E-state index is 11.8. The highest BCUT2D eigenvalue weighted by Crippen LogP contribution is 2.17. The van der Waals surface area contributed by atoms with Gasteiger partial charge in [0.05, 0.1) is 0 Å². The minimum Gasteiger partial charge on any atom is -0.398 e. The molecule has 1 saturated heterocycles. The molecule has 3 N–H and O–H groups in total. The second-order valence-electron chi connectivity index (χ2n) is 3.74. The maximum Gasteiger partial charge on any atom is 0.165 e. The van der Waals surface area contributed by atoms with Crippen LogP contribution in [0.4, 0.5) is 5.69 Å². The smallest absolute Gasteiger partial charge is 0.165 e. The lowest BCUT2D eigenvalue weighted by Crippen LogP contribution is -2.42. The third-order valence-corrected chi connectivity index (χ3v) is 2.60. The van der Waals surface area contributed by atoms with E-state index in [1.807, 2.05) is 12.1 Å². The number of ketones is 1. The highest BCUT2D eigenvalue weighted by molar-refractivity contribution is 6.00. The van der Waals surface area contributed by atoms with Crippen molar-refractivity contribution in [1.29, 1.82) is 0 Å². The topological polar surface area (TPSA) is 55.1 Å². The van der Waals surface area contributed by atoms with E-state index in [1.54, 1.807) is 12.1 Å². The van der Waals surface area contributed by atoms with Gasteiger partial charge in [-0.1, -0.05) is 12.1 Å². The van der Waals surface area contributed by atoms with E-state index >= 15 is 0 Å². The van der Waals surface area contributed by atoms with Gasteiger partial charge < -0.3 is 11.1 Å². The summed E-state index contributed by atoms with van der Waals surface area (Å²) in [5, 5.41) is 3.15. The number of nitrogens with one attached hydrogen (secondary N) is 1. The molecule has 0 amide bonds. The molecule has 0 aliphatic carbocycles. The Morgan fingerprint density at radius 3 is 2.71 bits per heavy atom. The number of anilines is 1. The van der Waals surface area contributed by atoms with Crippen molar-refractivity contribution < 1.29 is 4.79 Å². The maximum absolute atomic E-state index is 11.8. The van der Waals surface area contributed by atoms with E-state index in [1.165, 1.54) is 0 Å². The first-order chi connectivity index (χ1) is 6.77. The van der Waals surface area contributed by atoms with Gasteiger partial charge in [-0.3, -0.25) is 4.79 Å². The monoisotopic (exact) mass is 190 g/mol. The molecule has 2 rings (SSSR count). The van der Waals surface area contributed by atoms with Crippen LogP contribution in [-0.4, -0.2) is 18.9 Å². The first-order valence-corrected chi connectivity index (χ1v) is 4.86. The van der Waals surface area contributed by atoms with E-state index < -0.39 is 0 Å². The van der Waals surface area contributed by atoms with Crippen molar-refractivity contribution >= 4 is 11.5 Å². The molecule has 3 nitrogen and oxygen atoms in total. The molecule has 0 spiro atoms. The van der Waals surface area contributed by atoms with Gasteiger partial charge in [-0.05, 0) is 31.1 Å². The Morgan fingerprint density at radius 2 is 2.14 bits per heavy atom. The normalized spacial score (nSPS) is 16.3. The fourth-order valence-corrected chi connectivity index (χ4v) is 1.62. The largest absolute Gasteiger partial charge is 0.398 e. The Balaban J connectivity index is 2.06. The van der Waals surface area contributed by atoms with E-state index in [4.69, 9.17) is 5.73 Å². The van der Waals surface area contributed by atoms with Gasteiger partial charge in [-0.2, -0.15) is 0 Å². The van der Waals surface area contributed by atoms with E-state index in [0.717, 1.165) is 13.1 Å². The predicted molar refractivity (Wildman–Crippen MR) is 56.2 cm³/mol. The molecule has 0 saturated carbocycles. The molecule has 74 valence electrons. The molecule has 14 heavy (non-hydrogen) atoms. The van der Waals surface area contributed by atoms with Crippen molar-refractivity contribution in [3.05, 3.63) is 29.8 Å². The number of rotatable bonds is 3. The van der Waals surface area contributed by atoms with Crippen molar-refractivity contribution in [3.8, 4) is 0 Å². The molecule has 0 unspecified atom stereocenters. The Bertz CT molecular complexity index is 345. The molecule has 1 aromatic carbocycles. The van der Waals surface area contributed by atoms with Crippen LogP contribution in [0.5, 0.6) is 0 Å². The standard InChI is InChI=1S/C11H14N2O/c12-10-4-2-1-3-9(10)11(14)5-8-6-13-7-8/h1-4,8,13H,5-7,12H2. The van der Waals surface area contributed by atoms with E-state index in [2.05, 4.69) is 5.32 Å². The summed E-state index contributed by atoms with van der Waals surface area (Å²) in [4.78, 5) is 11.8. The molecule has 1 aliphatic rings. The molecule has 0 aromatic heterocycles. The first-order valence-electron chi connectivity index (χ1n) is 4.86. The van der Waals surface area contributed by atoms with Gasteiger partial charge in [0, 0.05) is 17.7 Å². The van der Waals surface area contributed by atoms with Crippen LogP contribution >= 0.6 is 0 Å². The molecule has 0 bridgehead atoms. The van der Waals surface area contributed by atoms with Gasteiger partial charge in [0.25, 0.3) is 0 Å². The number of carbonyl (C=O) groups excluding carboxylic acids is 1. The zero-order valence-electron chi connectivity index (χ0n) is 7.99. The van der Waals surface area contributed by atoms with Crippen molar-refractivity contribution in [2.75, 3.05) is 18.8 Å². The Labute approximate surface area is 83.3 Å². The van der Waals surface area contributed by atoms with Crippen LogP contribution in [0.1, 0.15) is 16.8 Å². The third-order valence-electron chi connectivity index (χ3n) is 2.60. The molecular weight excluding hydrogens is 176 g/mol. The number of hydrogen-bond acceptors (Lipinski definition) is 3. The summed E-state index contributed by atoms with van der Waals surface area (Å²) in [6.45, 7) is 1.91. The summed E-state index contributed by atoms with van der Waals surface area (Å²) in [6, 6.07) is 7.26. The van der Waals surface area contributed by atoms with E-state index in [0.29, 0.717) is 23.6 Å². The second kappa shape index (κ2) is 3.80. The Hall–Kier alpha value is -1.35. The van der Waals surface area contributed by atoms with Crippen LogP contribution in [0.15, 0.2) is 24.3 Å². The number of para-hydroxylation sites is 1. The highest BCUT2D eigenvalue weighted by Gasteiger charge is 2.21. The average Bonchev–Trinajstić information content (AvgIpc) is 2.12. The lowest BCUT2D eigenvalue weighted by Gasteiger charge is -2.26. The number of hydrogen-bond donors (Lipinski definition) is 2. The molecule has 1 aromatic rings. The van der Waals surface area contributed by atoms with Crippen LogP contribution in [0.2, 0.25) is 0 Å². The number of carbonyl (C=O) groups is 1. The van der Waals surface area contributed by atoms with Crippen molar-refractivity contribution in [2.45, 2.75) is 6.42 Å². The zero-order chi connectivity index (χ0) is 9.97. The number of Topliss-reactive ketones (excluding diaryl/α,β-unsaturated/α-hetero) is 1. The van der Waals surface area contributed by atoms with E-state index in [9.17, 15) is 4.79 Å². The van der Waals surface area contributed by atoms with Gasteiger partial charge in [-0.25, -0.2) is 0 Å². The summed E-state index contributed by atoms with van der Waals surface area (Å²) in [5.74, 6) is 0.664. The van der Waals surface area contributed by atoms with Gasteiger partial charge in [-0.15, -0.1) is 0 Å². The molecular formula is C11H14N2O. The summed E-state index contributed by atoms with van der Waals surface area (Å²) < 4.78 is 0. The lowest BCUT2D eigenvalue weighted by molar-refractivity contribution is 0.0946. The molecule has 0 radical (unpaired) electrons. The average molecular weight is 190 g/mol. The van der Waals surface area contributed by atoms with Crippen molar-refractivity contribution in [2.24, 2.45) is 5.92 Å². The molecule has 0 atom stereocenters. The van der Waals surface area contributed by atoms with Gasteiger partial charge in [0.15, 0.2) is 5.78 Å². The van der Waals surface area contributed by atoms with Crippen LogP contribution in [-0.2, 0) is 0 Å². The minimum atomic E-state index is 0.162. The Morgan fingerprint density at radius 1 is 1.43 bits per heavy atom. The minimum absolute atomic E-state index is 0.162. The first kappa shape index (κ1) is 9.21. The van der Waals surface area contributed by atoms with Crippen LogP contribution in [0.3, 0.4) is 0 Å². The highest BCUT2D eigenvalue weighted by atomic mass is 16.1. The molecule has 1 fully saturated rings. The van der Waals surface area contributed by atoms with Gasteiger partial charge in [0.2, 0.25) is 0 Å². The predicted octanol–water partition coefficient (Wildman–Crippen LogP) is 1.06. The zero-order valence-corrected chi connectivity index (χ0v) is 7.99. The molecule has 1 heterocycles. The number of nitrogen functional groups attached to an aromatic ring is 1. The number of nitrogens with two attached hydrogens (primary N) is 1. The fourth-order valence-electron chi connectivity index (χ4n) is 1.62.